The van der Waals surface area contributed by atoms with Crippen LogP contribution in [0.2, 0.25) is 5.02 Å². The van der Waals surface area contributed by atoms with E-state index in [1.807, 2.05) is 6.07 Å². The standard InChI is InChI=1S/C20H15ClFN5O3/c21-15-16-12(8-14(22)17(15)26-6-4-24-5-7-26)18(28)13(20(29)30)10-27(16)19-11(9-23)2-1-3-25-19/h1-3,8,10,24H,4-7H2,(H,29,30). The first-order valence-electron chi connectivity index (χ1n) is 9.06. The quantitative estimate of drug-likeness (QED) is 0.658. The van der Waals surface area contributed by atoms with Crippen LogP contribution in [0.4, 0.5) is 10.1 Å². The first-order chi connectivity index (χ1) is 14.4. The Morgan fingerprint density at radius 2 is 2.10 bits per heavy atom. The number of aromatic carboxylic acids is 1. The summed E-state index contributed by atoms with van der Waals surface area (Å²) in [7, 11) is 0. The molecular formula is C20H15ClFN5O3. The number of hydrogen-bond acceptors (Lipinski definition) is 6. The summed E-state index contributed by atoms with van der Waals surface area (Å²) < 4.78 is 16.3. The van der Waals surface area contributed by atoms with E-state index in [1.54, 1.807) is 11.0 Å². The van der Waals surface area contributed by atoms with E-state index in [0.29, 0.717) is 26.2 Å². The Bertz CT molecular complexity index is 1280. The topological polar surface area (TPSA) is 111 Å². The minimum Gasteiger partial charge on any atom is -0.477 e. The molecule has 0 unspecified atom stereocenters. The molecule has 0 saturated carbocycles. The molecule has 8 nitrogen and oxygen atoms in total. The van der Waals surface area contributed by atoms with Crippen molar-refractivity contribution in [2.24, 2.45) is 0 Å². The largest absolute Gasteiger partial charge is 0.477 e. The Labute approximate surface area is 174 Å². The van der Waals surface area contributed by atoms with Gasteiger partial charge in [-0.25, -0.2) is 14.2 Å². The summed E-state index contributed by atoms with van der Waals surface area (Å²) in [5, 5.41) is 21.9. The third-order valence-electron chi connectivity index (χ3n) is 4.96. The molecule has 0 spiro atoms. The second kappa shape index (κ2) is 7.74. The molecule has 1 aliphatic rings. The monoisotopic (exact) mass is 427 g/mol. The Kier molecular flexibility index (Phi) is 5.11. The number of carboxylic acid groups (broad SMARTS) is 1. The Balaban J connectivity index is 2.14. The molecule has 10 heteroatoms. The van der Waals surface area contributed by atoms with Gasteiger partial charge in [0.2, 0.25) is 5.43 Å². The van der Waals surface area contributed by atoms with E-state index in [-0.39, 0.29) is 33.0 Å². The van der Waals surface area contributed by atoms with Crippen molar-refractivity contribution >= 4 is 34.2 Å². The van der Waals surface area contributed by atoms with Crippen molar-refractivity contribution in [2.45, 2.75) is 0 Å². The number of aromatic nitrogens is 2. The fourth-order valence-electron chi connectivity index (χ4n) is 3.58. The zero-order valence-electron chi connectivity index (χ0n) is 15.5. The SMILES string of the molecule is N#Cc1cccnc1-n1cc(C(=O)O)c(=O)c2cc(F)c(N3CCNCC3)c(Cl)c21. The zero-order valence-corrected chi connectivity index (χ0v) is 16.3. The Morgan fingerprint density at radius 3 is 2.77 bits per heavy atom. The van der Waals surface area contributed by atoms with E-state index in [9.17, 15) is 20.0 Å². The number of pyridine rings is 2. The number of nitriles is 1. The van der Waals surface area contributed by atoms with Crippen molar-refractivity contribution in [2.75, 3.05) is 31.1 Å². The average molecular weight is 428 g/mol. The van der Waals surface area contributed by atoms with E-state index in [2.05, 4.69) is 10.3 Å². The number of anilines is 1. The van der Waals surface area contributed by atoms with Gasteiger partial charge in [-0.05, 0) is 18.2 Å². The first kappa shape index (κ1) is 19.8. The minimum absolute atomic E-state index is 0.0459. The summed E-state index contributed by atoms with van der Waals surface area (Å²) in [5.74, 6) is -2.11. The number of carbonyl (C=O) groups is 1. The number of nitrogens with zero attached hydrogens (tertiary/aromatic N) is 4. The normalized spacial score (nSPS) is 14.0. The number of halogens is 2. The lowest BCUT2D eigenvalue weighted by atomic mass is 10.1. The number of nitrogens with one attached hydrogen (secondary N) is 1. The van der Waals surface area contributed by atoms with Gasteiger partial charge >= 0.3 is 5.97 Å². The van der Waals surface area contributed by atoms with Crippen LogP contribution in [-0.4, -0.2) is 46.8 Å². The lowest BCUT2D eigenvalue weighted by molar-refractivity contribution is 0.0695. The molecule has 0 amide bonds. The van der Waals surface area contributed by atoms with Gasteiger partial charge in [0.1, 0.15) is 17.4 Å². The van der Waals surface area contributed by atoms with Gasteiger partial charge in [-0.15, -0.1) is 0 Å². The van der Waals surface area contributed by atoms with Gasteiger partial charge in [0.05, 0.1) is 27.2 Å². The van der Waals surface area contributed by atoms with Crippen molar-refractivity contribution in [1.29, 1.82) is 5.26 Å². The van der Waals surface area contributed by atoms with Crippen molar-refractivity contribution in [3.8, 4) is 11.9 Å². The number of carboxylic acids is 1. The van der Waals surface area contributed by atoms with Crippen LogP contribution in [0, 0.1) is 17.1 Å². The molecule has 0 radical (unpaired) electrons. The number of rotatable bonds is 3. The van der Waals surface area contributed by atoms with Crippen LogP contribution >= 0.6 is 11.6 Å². The summed E-state index contributed by atoms with van der Waals surface area (Å²) in [6, 6.07) is 6.04. The third-order valence-corrected chi connectivity index (χ3v) is 5.31. The molecule has 0 bridgehead atoms. The molecule has 1 fully saturated rings. The van der Waals surface area contributed by atoms with E-state index < -0.39 is 22.8 Å². The van der Waals surface area contributed by atoms with Gasteiger partial charge in [0.15, 0.2) is 5.82 Å². The third kappa shape index (κ3) is 3.16. The molecule has 1 saturated heterocycles. The highest BCUT2D eigenvalue weighted by Crippen LogP contribution is 2.36. The second-order valence-electron chi connectivity index (χ2n) is 6.69. The van der Waals surface area contributed by atoms with Gasteiger partial charge in [0.25, 0.3) is 0 Å². The van der Waals surface area contributed by atoms with E-state index >= 15 is 4.39 Å². The van der Waals surface area contributed by atoms with Crippen LogP contribution in [0.25, 0.3) is 16.7 Å². The van der Waals surface area contributed by atoms with Gasteiger partial charge in [0, 0.05) is 38.6 Å². The maximum atomic E-state index is 15.0. The number of hydrogen-bond donors (Lipinski definition) is 2. The van der Waals surface area contributed by atoms with Crippen LogP contribution in [-0.2, 0) is 0 Å². The fraction of sp³-hybridized carbons (Fsp3) is 0.200. The molecule has 30 heavy (non-hydrogen) atoms. The smallest absolute Gasteiger partial charge is 0.341 e. The molecule has 3 heterocycles. The molecule has 4 rings (SSSR count). The molecule has 3 aromatic rings. The molecule has 1 aliphatic heterocycles. The Hall–Kier alpha value is -3.48. The lowest BCUT2D eigenvalue weighted by Gasteiger charge is -2.31. The predicted octanol–water partition coefficient (Wildman–Crippen LogP) is 2.16. The van der Waals surface area contributed by atoms with Crippen LogP contribution in [0.1, 0.15) is 15.9 Å². The van der Waals surface area contributed by atoms with Crippen LogP contribution in [0.15, 0.2) is 35.4 Å². The summed E-state index contributed by atoms with van der Waals surface area (Å²) >= 11 is 6.61. The highest BCUT2D eigenvalue weighted by molar-refractivity contribution is 6.38. The maximum absolute atomic E-state index is 15.0. The van der Waals surface area contributed by atoms with Crippen molar-refractivity contribution in [3.05, 3.63) is 62.8 Å². The predicted molar refractivity (Wildman–Crippen MR) is 109 cm³/mol. The number of benzene rings is 1. The van der Waals surface area contributed by atoms with Gasteiger partial charge in [-0.2, -0.15) is 5.26 Å². The number of fused-ring (bicyclic) bond motifs is 1. The summed E-state index contributed by atoms with van der Waals surface area (Å²) in [5.41, 5.74) is -1.09. The molecular weight excluding hydrogens is 413 g/mol. The van der Waals surface area contributed by atoms with Crippen LogP contribution < -0.4 is 15.6 Å². The van der Waals surface area contributed by atoms with E-state index in [1.165, 1.54) is 16.8 Å². The molecule has 2 aromatic heterocycles. The summed E-state index contributed by atoms with van der Waals surface area (Å²) in [6.07, 6.45) is 2.50. The highest BCUT2D eigenvalue weighted by Gasteiger charge is 2.26. The molecule has 152 valence electrons. The molecule has 2 N–H and O–H groups in total. The van der Waals surface area contributed by atoms with Crippen molar-refractivity contribution < 1.29 is 14.3 Å². The summed E-state index contributed by atoms with van der Waals surface area (Å²) in [6.45, 7) is 2.29. The van der Waals surface area contributed by atoms with Crippen LogP contribution in [0.5, 0.6) is 0 Å². The highest BCUT2D eigenvalue weighted by atomic mass is 35.5. The van der Waals surface area contributed by atoms with Gasteiger partial charge in [-0.1, -0.05) is 11.6 Å². The molecule has 1 aromatic carbocycles. The van der Waals surface area contributed by atoms with E-state index in [0.717, 1.165) is 12.3 Å². The van der Waals surface area contributed by atoms with E-state index in [4.69, 9.17) is 11.6 Å². The second-order valence-corrected chi connectivity index (χ2v) is 7.07. The van der Waals surface area contributed by atoms with Crippen LogP contribution in [0.3, 0.4) is 0 Å². The number of piperazine rings is 1. The molecule has 0 atom stereocenters. The zero-order chi connectivity index (χ0) is 21.4. The van der Waals surface area contributed by atoms with Gasteiger partial charge in [-0.3, -0.25) is 9.36 Å². The Morgan fingerprint density at radius 1 is 1.37 bits per heavy atom. The molecule has 0 aliphatic carbocycles. The minimum atomic E-state index is -1.48. The van der Waals surface area contributed by atoms with Crippen molar-refractivity contribution in [3.63, 3.8) is 0 Å². The van der Waals surface area contributed by atoms with Gasteiger partial charge < -0.3 is 15.3 Å². The first-order valence-corrected chi connectivity index (χ1v) is 9.43. The van der Waals surface area contributed by atoms with Crippen molar-refractivity contribution in [1.82, 2.24) is 14.9 Å². The fourth-order valence-corrected chi connectivity index (χ4v) is 3.98. The average Bonchev–Trinajstić information content (AvgIpc) is 2.75. The lowest BCUT2D eigenvalue weighted by Crippen LogP contribution is -2.44. The maximum Gasteiger partial charge on any atom is 0.341 e. The summed E-state index contributed by atoms with van der Waals surface area (Å²) in [4.78, 5) is 30.4.